The molecule has 0 bridgehead atoms. The molecule has 30 heavy (non-hydrogen) atoms. The lowest BCUT2D eigenvalue weighted by Crippen LogP contribution is -2.38. The molecular weight excluding hydrogens is 448 g/mol. The molecular formula is C22H23BrN4O3. The molecule has 2 aromatic heterocycles. The molecule has 1 aromatic carbocycles. The monoisotopic (exact) mass is 470 g/mol. The molecule has 0 fully saturated rings. The number of hydrogen-bond acceptors (Lipinski definition) is 5. The lowest BCUT2D eigenvalue weighted by molar-refractivity contribution is 0.102. The Morgan fingerprint density at radius 2 is 1.87 bits per heavy atom. The average molecular weight is 471 g/mol. The van der Waals surface area contributed by atoms with Crippen LogP contribution in [0.4, 0.5) is 5.82 Å². The maximum atomic E-state index is 13.6. The number of benzene rings is 1. The number of aromatic amines is 1. The van der Waals surface area contributed by atoms with Gasteiger partial charge in [-0.25, -0.2) is 9.78 Å². The Bertz CT molecular complexity index is 1220. The molecule has 2 heterocycles. The molecule has 0 saturated heterocycles. The van der Waals surface area contributed by atoms with Crippen LogP contribution in [0.1, 0.15) is 58.2 Å². The number of nitrogens with zero attached hydrogens (tertiary/aromatic N) is 2. The number of nitrogens with two attached hydrogens (primary N) is 1. The summed E-state index contributed by atoms with van der Waals surface area (Å²) < 4.78 is 2.05. The van der Waals surface area contributed by atoms with E-state index >= 15 is 0 Å². The number of anilines is 1. The van der Waals surface area contributed by atoms with Gasteiger partial charge >= 0.3 is 5.69 Å². The first-order chi connectivity index (χ1) is 14.1. The van der Waals surface area contributed by atoms with Crippen LogP contribution in [0.25, 0.3) is 0 Å². The van der Waals surface area contributed by atoms with Crippen molar-refractivity contribution in [3.8, 4) is 0 Å². The van der Waals surface area contributed by atoms with Crippen LogP contribution in [0, 0.1) is 13.8 Å². The van der Waals surface area contributed by atoms with Gasteiger partial charge in [0.2, 0.25) is 5.78 Å². The van der Waals surface area contributed by atoms with Gasteiger partial charge in [-0.3, -0.25) is 19.1 Å². The van der Waals surface area contributed by atoms with E-state index in [1.54, 1.807) is 31.2 Å². The van der Waals surface area contributed by atoms with Crippen molar-refractivity contribution in [2.45, 2.75) is 40.2 Å². The van der Waals surface area contributed by atoms with Crippen molar-refractivity contribution in [3.63, 3.8) is 0 Å². The molecule has 0 aliphatic carbocycles. The topological polar surface area (TPSA) is 111 Å². The summed E-state index contributed by atoms with van der Waals surface area (Å²) in [6, 6.07) is 8.75. The third-order valence-electron chi connectivity index (χ3n) is 4.71. The Morgan fingerprint density at radius 3 is 2.47 bits per heavy atom. The molecule has 0 radical (unpaired) electrons. The number of nitrogens with one attached hydrogen (secondary N) is 1. The van der Waals surface area contributed by atoms with Crippen LogP contribution in [0.15, 0.2) is 44.4 Å². The number of aryl methyl sites for hydroxylation is 2. The zero-order valence-electron chi connectivity index (χ0n) is 17.2. The lowest BCUT2D eigenvalue weighted by Gasteiger charge is -2.18. The largest absolute Gasteiger partial charge is 0.384 e. The summed E-state index contributed by atoms with van der Waals surface area (Å²) in [4.78, 5) is 45.5. The van der Waals surface area contributed by atoms with Gasteiger partial charge in [0, 0.05) is 21.3 Å². The van der Waals surface area contributed by atoms with Crippen molar-refractivity contribution >= 4 is 27.5 Å². The number of hydrogen-bond donors (Lipinski definition) is 2. The fraction of sp³-hybridized carbons (Fsp3) is 0.273. The first-order valence-corrected chi connectivity index (χ1v) is 10.3. The quantitative estimate of drug-likeness (QED) is 0.555. The van der Waals surface area contributed by atoms with Gasteiger partial charge in [-0.1, -0.05) is 29.8 Å². The molecule has 0 amide bonds. The van der Waals surface area contributed by atoms with Gasteiger partial charge in [0.25, 0.3) is 5.56 Å². The summed E-state index contributed by atoms with van der Waals surface area (Å²) >= 11 is 3.41. The van der Waals surface area contributed by atoms with E-state index in [-0.39, 0.29) is 29.5 Å². The van der Waals surface area contributed by atoms with E-state index < -0.39 is 11.2 Å². The third-order valence-corrected chi connectivity index (χ3v) is 5.16. The van der Waals surface area contributed by atoms with Crippen LogP contribution >= 0.6 is 15.9 Å². The number of rotatable bonds is 5. The van der Waals surface area contributed by atoms with E-state index in [4.69, 9.17) is 5.73 Å². The Labute approximate surface area is 182 Å². The fourth-order valence-electron chi connectivity index (χ4n) is 3.56. The van der Waals surface area contributed by atoms with E-state index in [1.807, 2.05) is 26.8 Å². The smallest absolute Gasteiger partial charge is 0.329 e. The second kappa shape index (κ2) is 8.39. The highest BCUT2D eigenvalue weighted by Crippen LogP contribution is 2.22. The molecule has 3 rings (SSSR count). The predicted octanol–water partition coefficient (Wildman–Crippen LogP) is 3.30. The molecule has 0 aliphatic heterocycles. The van der Waals surface area contributed by atoms with Gasteiger partial charge in [0.15, 0.2) is 0 Å². The van der Waals surface area contributed by atoms with Crippen molar-refractivity contribution in [1.82, 2.24) is 14.5 Å². The van der Waals surface area contributed by atoms with E-state index in [0.29, 0.717) is 22.6 Å². The molecule has 0 spiro atoms. The molecule has 156 valence electrons. The van der Waals surface area contributed by atoms with Crippen molar-refractivity contribution in [3.05, 3.63) is 89.3 Å². The highest BCUT2D eigenvalue weighted by atomic mass is 79.9. The summed E-state index contributed by atoms with van der Waals surface area (Å²) in [7, 11) is 0. The Morgan fingerprint density at radius 1 is 1.17 bits per heavy atom. The van der Waals surface area contributed by atoms with Gasteiger partial charge < -0.3 is 5.73 Å². The van der Waals surface area contributed by atoms with Gasteiger partial charge in [-0.05, 0) is 61.2 Å². The summed E-state index contributed by atoms with van der Waals surface area (Å²) in [6.45, 7) is 7.38. The Kier molecular flexibility index (Phi) is 6.07. The zero-order chi connectivity index (χ0) is 22.2. The van der Waals surface area contributed by atoms with Crippen LogP contribution in [0.5, 0.6) is 0 Å². The van der Waals surface area contributed by atoms with Crippen LogP contribution in [-0.4, -0.2) is 20.3 Å². The van der Waals surface area contributed by atoms with Crippen molar-refractivity contribution in [2.75, 3.05) is 5.73 Å². The fourth-order valence-corrected chi connectivity index (χ4v) is 4.17. The molecule has 0 aliphatic rings. The van der Waals surface area contributed by atoms with Gasteiger partial charge in [0.1, 0.15) is 11.5 Å². The molecule has 3 aromatic rings. The molecule has 8 heteroatoms. The second-order valence-corrected chi connectivity index (χ2v) is 8.57. The Hall–Kier alpha value is -3.00. The maximum Gasteiger partial charge on any atom is 0.329 e. The zero-order valence-corrected chi connectivity index (χ0v) is 18.8. The maximum absolute atomic E-state index is 13.6. The second-order valence-electron chi connectivity index (χ2n) is 7.65. The predicted molar refractivity (Wildman–Crippen MR) is 120 cm³/mol. The minimum atomic E-state index is -0.646. The minimum absolute atomic E-state index is 0.0803. The average Bonchev–Trinajstić information content (AvgIpc) is 2.61. The highest BCUT2D eigenvalue weighted by Gasteiger charge is 2.25. The molecule has 0 saturated carbocycles. The van der Waals surface area contributed by atoms with Crippen molar-refractivity contribution < 1.29 is 4.79 Å². The standard InChI is InChI=1S/C22H23BrN4O3/c1-11(2)18-19(20(28)15-5-12(3)6-16(23)9-15)27(22(30)26-21(18)29)10-14-7-13(4)25-17(24)8-14/h5-9,11H,10H2,1-4H3,(H2,24,25)(H,26,29,30). The number of halogens is 1. The lowest BCUT2D eigenvalue weighted by atomic mass is 9.96. The van der Waals surface area contributed by atoms with Crippen LogP contribution < -0.4 is 17.0 Å². The third kappa shape index (κ3) is 4.43. The van der Waals surface area contributed by atoms with Gasteiger partial charge in [-0.15, -0.1) is 0 Å². The molecule has 3 N–H and O–H groups in total. The van der Waals surface area contributed by atoms with Crippen LogP contribution in [0.2, 0.25) is 0 Å². The van der Waals surface area contributed by atoms with Gasteiger partial charge in [0.05, 0.1) is 6.54 Å². The van der Waals surface area contributed by atoms with E-state index in [0.717, 1.165) is 10.0 Å². The SMILES string of the molecule is Cc1cc(Br)cc(C(=O)c2c(C(C)C)c(=O)[nH]c(=O)n2Cc2cc(C)nc(N)c2)c1. The number of ketones is 1. The van der Waals surface area contributed by atoms with Crippen LogP contribution in [-0.2, 0) is 6.54 Å². The number of H-pyrrole nitrogens is 1. The van der Waals surface area contributed by atoms with E-state index in [9.17, 15) is 14.4 Å². The minimum Gasteiger partial charge on any atom is -0.384 e. The number of aromatic nitrogens is 3. The first kappa shape index (κ1) is 21.7. The molecule has 0 unspecified atom stereocenters. The van der Waals surface area contributed by atoms with Crippen LogP contribution in [0.3, 0.4) is 0 Å². The molecule has 7 nitrogen and oxygen atoms in total. The summed E-state index contributed by atoms with van der Waals surface area (Å²) in [5.74, 6) is -0.329. The molecule has 0 atom stereocenters. The first-order valence-electron chi connectivity index (χ1n) is 9.48. The van der Waals surface area contributed by atoms with Gasteiger partial charge in [-0.2, -0.15) is 0 Å². The number of carbonyl (C=O) groups excluding carboxylic acids is 1. The highest BCUT2D eigenvalue weighted by molar-refractivity contribution is 9.10. The summed E-state index contributed by atoms with van der Waals surface area (Å²) in [5, 5.41) is 0. The number of carbonyl (C=O) groups is 1. The summed E-state index contributed by atoms with van der Waals surface area (Å²) in [5.41, 5.74) is 7.70. The van der Waals surface area contributed by atoms with Crippen molar-refractivity contribution in [2.24, 2.45) is 0 Å². The number of nitrogen functional groups attached to an aromatic ring is 1. The number of pyridine rings is 1. The van der Waals surface area contributed by atoms with E-state index in [1.165, 1.54) is 4.57 Å². The normalized spacial score (nSPS) is 11.1. The summed E-state index contributed by atoms with van der Waals surface area (Å²) in [6.07, 6.45) is 0. The Balaban J connectivity index is 2.29. The van der Waals surface area contributed by atoms with E-state index in [2.05, 4.69) is 25.9 Å². The van der Waals surface area contributed by atoms with Crippen molar-refractivity contribution in [1.29, 1.82) is 0 Å².